The fourth-order valence-corrected chi connectivity index (χ4v) is 1.19. The topological polar surface area (TPSA) is 20.3 Å². The number of allylic oxidation sites excluding steroid dienone is 5. The van der Waals surface area contributed by atoms with Gasteiger partial charge in [-0.2, -0.15) is 0 Å². The molecule has 2 nitrogen and oxygen atoms in total. The molecule has 0 spiro atoms. The molecule has 0 N–H and O–H groups in total. The quantitative estimate of drug-likeness (QED) is 0.629. The Morgan fingerprint density at radius 2 is 1.93 bits per heavy atom. The van der Waals surface area contributed by atoms with Gasteiger partial charge in [0.25, 0.3) is 0 Å². The van der Waals surface area contributed by atoms with E-state index in [9.17, 15) is 4.79 Å². The molecule has 0 atom stereocenters. The van der Waals surface area contributed by atoms with E-state index in [1.165, 1.54) is 0 Å². The first-order valence-corrected chi connectivity index (χ1v) is 4.91. The average molecular weight is 193 g/mol. The maximum atomic E-state index is 11.3. The molecule has 0 aliphatic rings. The number of carbonyl (C=O) groups excluding carboxylic acids is 1. The molecule has 0 heterocycles. The lowest BCUT2D eigenvalue weighted by atomic mass is 10.3. The number of likely N-dealkylation sites (N-methyl/N-ethyl adjacent to an activating group) is 1. The second-order valence-electron chi connectivity index (χ2n) is 2.88. The molecular formula is C12H19NO. The van der Waals surface area contributed by atoms with Gasteiger partial charge in [0.2, 0.25) is 5.91 Å². The minimum atomic E-state index is 0.0707. The van der Waals surface area contributed by atoms with Crippen LogP contribution in [0.15, 0.2) is 36.1 Å². The van der Waals surface area contributed by atoms with Gasteiger partial charge in [0.1, 0.15) is 0 Å². The highest BCUT2D eigenvalue weighted by atomic mass is 16.2. The molecule has 0 fully saturated rings. The number of nitrogens with zero attached hydrogens (tertiary/aromatic N) is 1. The van der Waals surface area contributed by atoms with Crippen molar-refractivity contribution in [1.82, 2.24) is 4.90 Å². The third-order valence-corrected chi connectivity index (χ3v) is 1.80. The molecule has 1 amide bonds. The van der Waals surface area contributed by atoms with Gasteiger partial charge in [-0.3, -0.25) is 4.79 Å². The van der Waals surface area contributed by atoms with Crippen molar-refractivity contribution in [3.63, 3.8) is 0 Å². The van der Waals surface area contributed by atoms with Crippen molar-refractivity contribution >= 4 is 5.91 Å². The van der Waals surface area contributed by atoms with Crippen molar-refractivity contribution < 1.29 is 4.79 Å². The van der Waals surface area contributed by atoms with Gasteiger partial charge in [0.15, 0.2) is 0 Å². The van der Waals surface area contributed by atoms with Gasteiger partial charge in [-0.15, -0.1) is 0 Å². The Labute approximate surface area is 86.6 Å². The molecule has 0 aromatic heterocycles. The zero-order chi connectivity index (χ0) is 11.0. The normalized spacial score (nSPS) is 12.7. The van der Waals surface area contributed by atoms with Crippen LogP contribution in [0.2, 0.25) is 0 Å². The van der Waals surface area contributed by atoms with Crippen LogP contribution in [-0.4, -0.2) is 17.4 Å². The van der Waals surface area contributed by atoms with Crippen molar-refractivity contribution in [2.45, 2.75) is 27.7 Å². The third kappa shape index (κ3) is 4.08. The molecule has 78 valence electrons. The highest BCUT2D eigenvalue weighted by Gasteiger charge is 2.07. The van der Waals surface area contributed by atoms with Crippen molar-refractivity contribution in [3.05, 3.63) is 36.1 Å². The fraction of sp³-hybridized carbons (Fsp3) is 0.417. The first-order valence-electron chi connectivity index (χ1n) is 4.91. The third-order valence-electron chi connectivity index (χ3n) is 1.80. The van der Waals surface area contributed by atoms with Crippen LogP contribution in [0.1, 0.15) is 27.7 Å². The second-order valence-corrected chi connectivity index (χ2v) is 2.88. The number of carbonyl (C=O) groups is 1. The summed E-state index contributed by atoms with van der Waals surface area (Å²) >= 11 is 0. The monoisotopic (exact) mass is 193 g/mol. The van der Waals surface area contributed by atoms with Crippen LogP contribution in [0.25, 0.3) is 0 Å². The zero-order valence-electron chi connectivity index (χ0n) is 9.45. The molecule has 0 bridgehead atoms. The number of hydrogen-bond donors (Lipinski definition) is 0. The summed E-state index contributed by atoms with van der Waals surface area (Å²) in [5.74, 6) is 0.0707. The molecule has 0 saturated heterocycles. The lowest BCUT2D eigenvalue weighted by Crippen LogP contribution is -2.26. The molecular weight excluding hydrogens is 174 g/mol. The highest BCUT2D eigenvalue weighted by Crippen LogP contribution is 2.06. The van der Waals surface area contributed by atoms with Gasteiger partial charge in [-0.25, -0.2) is 0 Å². The van der Waals surface area contributed by atoms with E-state index in [-0.39, 0.29) is 5.91 Å². The summed E-state index contributed by atoms with van der Waals surface area (Å²) in [6, 6.07) is 0. The molecule has 0 aromatic carbocycles. The van der Waals surface area contributed by atoms with Crippen LogP contribution in [0.4, 0.5) is 0 Å². The molecule has 2 heteroatoms. The summed E-state index contributed by atoms with van der Waals surface area (Å²) in [5.41, 5.74) is 0.931. The van der Waals surface area contributed by atoms with E-state index in [0.717, 1.165) is 5.70 Å². The van der Waals surface area contributed by atoms with E-state index < -0.39 is 0 Å². The van der Waals surface area contributed by atoms with Crippen molar-refractivity contribution in [3.8, 4) is 0 Å². The zero-order valence-corrected chi connectivity index (χ0v) is 9.45. The Balaban J connectivity index is 4.87. The van der Waals surface area contributed by atoms with Crippen LogP contribution in [0.5, 0.6) is 0 Å². The molecule has 0 rings (SSSR count). The molecule has 0 aliphatic heterocycles. The predicted octanol–water partition coefficient (Wildman–Crippen LogP) is 2.89. The van der Waals surface area contributed by atoms with Crippen molar-refractivity contribution in [1.29, 1.82) is 0 Å². The van der Waals surface area contributed by atoms with Crippen LogP contribution in [-0.2, 0) is 4.79 Å². The van der Waals surface area contributed by atoms with Crippen molar-refractivity contribution in [2.24, 2.45) is 0 Å². The minimum Gasteiger partial charge on any atom is -0.313 e. The molecule has 0 aliphatic carbocycles. The Bertz CT molecular complexity index is 261. The first-order chi connectivity index (χ1) is 6.67. The SMILES string of the molecule is C/C=C/C=C(\C=C\C)N(CC)C(C)=O. The van der Waals surface area contributed by atoms with E-state index in [0.29, 0.717) is 6.54 Å². The first kappa shape index (κ1) is 12.7. The van der Waals surface area contributed by atoms with Crippen LogP contribution >= 0.6 is 0 Å². The molecule has 0 unspecified atom stereocenters. The smallest absolute Gasteiger partial charge is 0.223 e. The fourth-order valence-electron chi connectivity index (χ4n) is 1.19. The summed E-state index contributed by atoms with van der Waals surface area (Å²) in [4.78, 5) is 13.0. The standard InChI is InChI=1S/C12H19NO/c1-5-8-10-12(9-6-2)13(7-3)11(4)14/h5-6,8-10H,7H2,1-4H3/b8-5+,9-6+,12-10+. The van der Waals surface area contributed by atoms with E-state index in [4.69, 9.17) is 0 Å². The lowest BCUT2D eigenvalue weighted by molar-refractivity contribution is -0.126. The van der Waals surface area contributed by atoms with Gasteiger partial charge < -0.3 is 4.90 Å². The maximum Gasteiger partial charge on any atom is 0.223 e. The predicted molar refractivity (Wildman–Crippen MR) is 60.8 cm³/mol. The van der Waals surface area contributed by atoms with Gasteiger partial charge in [0, 0.05) is 19.2 Å². The Morgan fingerprint density at radius 3 is 2.29 bits per heavy atom. The van der Waals surface area contributed by atoms with E-state index in [1.54, 1.807) is 11.8 Å². The second kappa shape index (κ2) is 7.13. The number of rotatable bonds is 4. The van der Waals surface area contributed by atoms with Crippen LogP contribution in [0.3, 0.4) is 0 Å². The summed E-state index contributed by atoms with van der Waals surface area (Å²) in [6.45, 7) is 8.14. The van der Waals surface area contributed by atoms with Crippen LogP contribution in [0, 0.1) is 0 Å². The van der Waals surface area contributed by atoms with Gasteiger partial charge in [-0.05, 0) is 32.9 Å². The highest BCUT2D eigenvalue weighted by molar-refractivity contribution is 5.75. The Kier molecular flexibility index (Phi) is 6.46. The minimum absolute atomic E-state index is 0.0707. The average Bonchev–Trinajstić information content (AvgIpc) is 2.14. The Morgan fingerprint density at radius 1 is 1.29 bits per heavy atom. The van der Waals surface area contributed by atoms with E-state index in [2.05, 4.69) is 0 Å². The molecule has 0 aromatic rings. The van der Waals surface area contributed by atoms with E-state index in [1.807, 2.05) is 51.2 Å². The largest absolute Gasteiger partial charge is 0.313 e. The number of hydrogen-bond acceptors (Lipinski definition) is 1. The van der Waals surface area contributed by atoms with E-state index >= 15 is 0 Å². The van der Waals surface area contributed by atoms with Gasteiger partial charge in [0.05, 0.1) is 0 Å². The summed E-state index contributed by atoms with van der Waals surface area (Å²) in [6.07, 6.45) is 9.68. The summed E-state index contributed by atoms with van der Waals surface area (Å²) < 4.78 is 0. The lowest BCUT2D eigenvalue weighted by Gasteiger charge is -2.19. The van der Waals surface area contributed by atoms with Crippen LogP contribution < -0.4 is 0 Å². The van der Waals surface area contributed by atoms with Gasteiger partial charge >= 0.3 is 0 Å². The summed E-state index contributed by atoms with van der Waals surface area (Å²) in [5, 5.41) is 0. The molecule has 0 saturated carbocycles. The molecule has 14 heavy (non-hydrogen) atoms. The maximum absolute atomic E-state index is 11.3. The number of amides is 1. The molecule has 0 radical (unpaired) electrons. The summed E-state index contributed by atoms with van der Waals surface area (Å²) in [7, 11) is 0. The van der Waals surface area contributed by atoms with Gasteiger partial charge in [-0.1, -0.05) is 18.2 Å². The van der Waals surface area contributed by atoms with Crippen molar-refractivity contribution in [2.75, 3.05) is 6.54 Å². The Hall–Kier alpha value is -1.31.